The molecule has 0 aliphatic rings. The first kappa shape index (κ1) is 10.7. The molecule has 1 heterocycles. The van der Waals surface area contributed by atoms with Gasteiger partial charge in [-0.25, -0.2) is 9.59 Å². The largest absolute Gasteiger partial charge is 0.419 e. The molecule has 6 heteroatoms. The molecule has 1 aromatic carbocycles. The molecule has 0 saturated heterocycles. The molecule has 0 atom stereocenters. The number of nitrogens with two attached hydrogens (primary N) is 1. The highest BCUT2D eigenvalue weighted by Gasteiger charge is 2.06. The lowest BCUT2D eigenvalue weighted by molar-refractivity contribution is -0.112. The molecule has 1 aromatic heterocycles. The van der Waals surface area contributed by atoms with E-state index in [1.807, 2.05) is 0 Å². The topological polar surface area (TPSA) is 106 Å². The van der Waals surface area contributed by atoms with E-state index < -0.39 is 17.3 Å². The van der Waals surface area contributed by atoms with E-state index in [0.717, 1.165) is 0 Å². The van der Waals surface area contributed by atoms with E-state index in [0.29, 0.717) is 5.52 Å². The zero-order chi connectivity index (χ0) is 12.4. The summed E-state index contributed by atoms with van der Waals surface area (Å²) in [5.41, 5.74) is 4.63. The zero-order valence-electron chi connectivity index (χ0n) is 8.44. The van der Waals surface area contributed by atoms with Gasteiger partial charge in [0.1, 0.15) is 0 Å². The van der Waals surface area contributed by atoms with Gasteiger partial charge in [0.25, 0.3) is 5.91 Å². The van der Waals surface area contributed by atoms with E-state index in [2.05, 4.69) is 21.2 Å². The van der Waals surface area contributed by atoms with Gasteiger partial charge in [0.05, 0.1) is 10.9 Å². The molecule has 2 aromatic rings. The number of fused-ring (bicyclic) bond motifs is 1. The average Bonchev–Trinajstić information content (AvgIpc) is 2.25. The third kappa shape index (κ3) is 2.08. The highest BCUT2D eigenvalue weighted by atomic mass is 16.4. The van der Waals surface area contributed by atoms with Crippen molar-refractivity contribution in [3.8, 4) is 11.8 Å². The van der Waals surface area contributed by atoms with Crippen molar-refractivity contribution in [2.45, 2.75) is 0 Å². The lowest BCUT2D eigenvalue weighted by atomic mass is 10.1. The second-order valence-electron chi connectivity index (χ2n) is 3.14. The van der Waals surface area contributed by atoms with E-state index >= 15 is 0 Å². The van der Waals surface area contributed by atoms with Crippen LogP contribution in [-0.2, 0) is 4.79 Å². The summed E-state index contributed by atoms with van der Waals surface area (Å²) in [7, 11) is 0. The number of carbonyl (C=O) groups is 1. The Balaban J connectivity index is 2.84. The van der Waals surface area contributed by atoms with Crippen LogP contribution in [0.1, 0.15) is 5.56 Å². The molecule has 0 aliphatic carbocycles. The number of rotatable bonds is 0. The summed E-state index contributed by atoms with van der Waals surface area (Å²) >= 11 is 0. The second-order valence-corrected chi connectivity index (χ2v) is 3.14. The van der Waals surface area contributed by atoms with Gasteiger partial charge in [-0.15, -0.1) is 0 Å². The van der Waals surface area contributed by atoms with Gasteiger partial charge in [0, 0.05) is 11.5 Å². The first-order valence-electron chi connectivity index (χ1n) is 4.55. The maximum Gasteiger partial charge on any atom is 0.419 e. The summed E-state index contributed by atoms with van der Waals surface area (Å²) in [5.74, 6) is 2.90. The number of H-pyrrole nitrogens is 1. The fraction of sp³-hybridized carbons (Fsp3) is 0. The van der Waals surface area contributed by atoms with Gasteiger partial charge in [-0.05, 0) is 12.1 Å². The molecule has 0 saturated carbocycles. The molecule has 3 N–H and O–H groups in total. The van der Waals surface area contributed by atoms with Crippen molar-refractivity contribution in [3.05, 3.63) is 44.7 Å². The van der Waals surface area contributed by atoms with Crippen LogP contribution >= 0.6 is 0 Å². The van der Waals surface area contributed by atoms with Crippen LogP contribution in [0.2, 0.25) is 0 Å². The third-order valence-electron chi connectivity index (χ3n) is 2.01. The van der Waals surface area contributed by atoms with Gasteiger partial charge in [-0.3, -0.25) is 9.78 Å². The summed E-state index contributed by atoms with van der Waals surface area (Å²) in [4.78, 5) is 35.3. The summed E-state index contributed by atoms with van der Waals surface area (Å²) in [5, 5.41) is 0.112. The Bertz CT molecular complexity index is 774. The Labute approximate surface area is 94.1 Å². The molecular weight excluding hydrogens is 224 g/mol. The van der Waals surface area contributed by atoms with E-state index in [-0.39, 0.29) is 10.9 Å². The summed E-state index contributed by atoms with van der Waals surface area (Å²) in [6.07, 6.45) is 0. The lowest BCUT2D eigenvalue weighted by Crippen LogP contribution is -2.15. The predicted molar refractivity (Wildman–Crippen MR) is 59.2 cm³/mol. The van der Waals surface area contributed by atoms with Crippen molar-refractivity contribution in [1.82, 2.24) is 4.98 Å². The zero-order valence-corrected chi connectivity index (χ0v) is 8.44. The van der Waals surface area contributed by atoms with Gasteiger partial charge >= 0.3 is 11.4 Å². The van der Waals surface area contributed by atoms with Crippen molar-refractivity contribution in [2.24, 2.45) is 5.73 Å². The van der Waals surface area contributed by atoms with Gasteiger partial charge in [-0.2, -0.15) is 0 Å². The number of hydrogen-bond donors (Lipinski definition) is 2. The molecule has 0 radical (unpaired) electrons. The fourth-order valence-electron chi connectivity index (χ4n) is 1.38. The van der Waals surface area contributed by atoms with Crippen LogP contribution in [0.25, 0.3) is 10.9 Å². The van der Waals surface area contributed by atoms with Crippen molar-refractivity contribution in [3.63, 3.8) is 0 Å². The number of aromatic nitrogens is 1. The van der Waals surface area contributed by atoms with Gasteiger partial charge in [-0.1, -0.05) is 12.0 Å². The highest BCUT2D eigenvalue weighted by Crippen LogP contribution is 2.10. The van der Waals surface area contributed by atoms with Crippen LogP contribution in [0.5, 0.6) is 0 Å². The van der Waals surface area contributed by atoms with Gasteiger partial charge in [0.2, 0.25) is 0 Å². The Morgan fingerprint density at radius 1 is 1.35 bits per heavy atom. The van der Waals surface area contributed by atoms with E-state index in [1.54, 1.807) is 6.07 Å². The van der Waals surface area contributed by atoms with E-state index in [9.17, 15) is 14.4 Å². The average molecular weight is 230 g/mol. The highest BCUT2D eigenvalue weighted by molar-refractivity contribution is 5.94. The maximum absolute atomic E-state index is 11.5. The van der Waals surface area contributed by atoms with Gasteiger partial charge < -0.3 is 10.2 Å². The molecule has 6 nitrogen and oxygen atoms in total. The molecule has 84 valence electrons. The molecule has 0 bridgehead atoms. The van der Waals surface area contributed by atoms with Crippen molar-refractivity contribution in [2.75, 3.05) is 0 Å². The molecule has 0 fully saturated rings. The molecule has 0 spiro atoms. The van der Waals surface area contributed by atoms with Crippen LogP contribution in [0.4, 0.5) is 0 Å². The van der Waals surface area contributed by atoms with E-state index in [4.69, 9.17) is 5.73 Å². The molecule has 1 amide bonds. The van der Waals surface area contributed by atoms with Crippen LogP contribution in [0.3, 0.4) is 0 Å². The Hall–Kier alpha value is -2.81. The Morgan fingerprint density at radius 3 is 2.82 bits per heavy atom. The van der Waals surface area contributed by atoms with Gasteiger partial charge in [0.15, 0.2) is 0 Å². The normalized spacial score (nSPS) is 9.65. The van der Waals surface area contributed by atoms with Crippen molar-refractivity contribution < 1.29 is 9.21 Å². The number of primary amides is 1. The predicted octanol–water partition coefficient (Wildman–Crippen LogP) is -0.682. The molecule has 0 unspecified atom stereocenters. The second kappa shape index (κ2) is 3.98. The lowest BCUT2D eigenvalue weighted by Gasteiger charge is -1.96. The fourth-order valence-corrected chi connectivity index (χ4v) is 1.38. The number of benzene rings is 1. The smallest absolute Gasteiger partial charge is 0.372 e. The molecule has 2 rings (SSSR count). The minimum atomic E-state index is -0.845. The maximum atomic E-state index is 11.5. The Morgan fingerprint density at radius 2 is 2.12 bits per heavy atom. The molecular formula is C11H6N2O4. The number of carbonyl (C=O) groups excluding carboxylic acids is 1. The SMILES string of the molecule is NC(=O)C#Cc1cccc2[nH]c(=O)oc(=O)c12. The molecule has 17 heavy (non-hydrogen) atoms. The standard InChI is InChI=1S/C11H6N2O4/c12-8(14)5-4-6-2-1-3-7-9(6)10(15)17-11(16)13-7/h1-3H,(H2,12,14)(H,13,16). The number of amides is 1. The monoisotopic (exact) mass is 230 g/mol. The van der Waals surface area contributed by atoms with Crippen LogP contribution in [0.15, 0.2) is 32.2 Å². The van der Waals surface area contributed by atoms with Crippen molar-refractivity contribution in [1.29, 1.82) is 0 Å². The van der Waals surface area contributed by atoms with Crippen LogP contribution < -0.4 is 17.1 Å². The van der Waals surface area contributed by atoms with Crippen molar-refractivity contribution >= 4 is 16.8 Å². The number of aromatic amines is 1. The number of nitrogens with one attached hydrogen (secondary N) is 1. The van der Waals surface area contributed by atoms with Crippen LogP contribution in [-0.4, -0.2) is 10.9 Å². The minimum absolute atomic E-state index is 0.112. The summed E-state index contributed by atoms with van der Waals surface area (Å²) < 4.78 is 4.39. The minimum Gasteiger partial charge on any atom is -0.372 e. The first-order valence-corrected chi connectivity index (χ1v) is 4.55. The summed E-state index contributed by atoms with van der Waals surface area (Å²) in [6, 6.07) is 4.64. The molecule has 0 aliphatic heterocycles. The first-order chi connectivity index (χ1) is 8.08. The van der Waals surface area contributed by atoms with Crippen LogP contribution in [0, 0.1) is 11.8 Å². The number of hydrogen-bond acceptors (Lipinski definition) is 4. The Kier molecular flexibility index (Phi) is 2.51. The summed E-state index contributed by atoms with van der Waals surface area (Å²) in [6.45, 7) is 0. The quantitative estimate of drug-likeness (QED) is 0.584. The van der Waals surface area contributed by atoms with E-state index in [1.165, 1.54) is 12.1 Å². The third-order valence-corrected chi connectivity index (χ3v) is 2.01.